The zero-order valence-electron chi connectivity index (χ0n) is 11.3. The van der Waals surface area contributed by atoms with Crippen LogP contribution in [0.2, 0.25) is 0 Å². The first-order valence-corrected chi connectivity index (χ1v) is 7.66. The lowest BCUT2D eigenvalue weighted by molar-refractivity contribution is -0.115. The number of carbonyl (C=O) groups excluding carboxylic acids is 3. The van der Waals surface area contributed by atoms with Crippen LogP contribution in [0.3, 0.4) is 0 Å². The highest BCUT2D eigenvalue weighted by molar-refractivity contribution is 9.12. The van der Waals surface area contributed by atoms with Gasteiger partial charge in [-0.3, -0.25) is 14.4 Å². The number of carbonyl (C=O) groups is 3. The Labute approximate surface area is 130 Å². The minimum atomic E-state index is -0.164. The molecule has 3 rings (SSSR count). The molecule has 4 heteroatoms. The van der Waals surface area contributed by atoms with Crippen molar-refractivity contribution in [3.63, 3.8) is 0 Å². The zero-order chi connectivity index (χ0) is 15.0. The fourth-order valence-electron chi connectivity index (χ4n) is 2.78. The minimum absolute atomic E-state index is 0.1000. The largest absolute Gasteiger partial charge is 0.295 e. The van der Waals surface area contributed by atoms with E-state index >= 15 is 0 Å². The van der Waals surface area contributed by atoms with Crippen molar-refractivity contribution in [2.75, 3.05) is 0 Å². The van der Waals surface area contributed by atoms with Gasteiger partial charge >= 0.3 is 0 Å². The first-order chi connectivity index (χ1) is 10.1. The average Bonchev–Trinajstić information content (AvgIpc) is 2.49. The summed E-state index contributed by atoms with van der Waals surface area (Å²) < 4.78 is 0.324. The van der Waals surface area contributed by atoms with E-state index in [-0.39, 0.29) is 17.3 Å². The van der Waals surface area contributed by atoms with E-state index in [0.717, 1.165) is 18.4 Å². The number of Topliss-reactive ketones (excluding diaryl/α,β-unsaturated/α-hetero) is 2. The van der Waals surface area contributed by atoms with Gasteiger partial charge in [0.1, 0.15) is 0 Å². The maximum Gasteiger partial charge on any atom is 0.201 e. The number of benzene rings is 1. The van der Waals surface area contributed by atoms with Gasteiger partial charge < -0.3 is 0 Å². The second-order valence-corrected chi connectivity index (χ2v) is 6.09. The SMILES string of the molecule is O=C1C=C(CC2=C(Br)C(=O)c3ccccc3C2=O)CCC1. The van der Waals surface area contributed by atoms with Gasteiger partial charge in [-0.1, -0.05) is 29.8 Å². The molecule has 0 saturated heterocycles. The summed E-state index contributed by atoms with van der Waals surface area (Å²) in [6, 6.07) is 6.84. The average molecular weight is 345 g/mol. The van der Waals surface area contributed by atoms with Gasteiger partial charge in [0, 0.05) is 23.1 Å². The molecule has 0 unspecified atom stereocenters. The normalized spacial score (nSPS) is 18.7. The summed E-state index contributed by atoms with van der Waals surface area (Å²) >= 11 is 3.27. The smallest absolute Gasteiger partial charge is 0.201 e. The summed E-state index contributed by atoms with van der Waals surface area (Å²) in [4.78, 5) is 36.4. The standard InChI is InChI=1S/C17H13BrO3/c18-15-14(9-10-4-3-5-11(19)8-10)16(20)12-6-1-2-7-13(12)17(15)21/h1-2,6-8H,3-5,9H2. The van der Waals surface area contributed by atoms with Crippen LogP contribution in [0.25, 0.3) is 0 Å². The van der Waals surface area contributed by atoms with Gasteiger partial charge in [-0.05, 0) is 41.3 Å². The molecule has 3 nitrogen and oxygen atoms in total. The summed E-state index contributed by atoms with van der Waals surface area (Å²) in [7, 11) is 0. The van der Waals surface area contributed by atoms with E-state index in [1.165, 1.54) is 0 Å². The highest BCUT2D eigenvalue weighted by Gasteiger charge is 2.31. The minimum Gasteiger partial charge on any atom is -0.295 e. The van der Waals surface area contributed by atoms with Gasteiger partial charge in [-0.15, -0.1) is 0 Å². The van der Waals surface area contributed by atoms with E-state index in [1.807, 2.05) is 0 Å². The summed E-state index contributed by atoms with van der Waals surface area (Å²) in [5, 5.41) is 0. The van der Waals surface area contributed by atoms with Crippen LogP contribution in [-0.2, 0) is 4.79 Å². The molecule has 0 radical (unpaired) electrons. The zero-order valence-corrected chi connectivity index (χ0v) is 12.9. The summed E-state index contributed by atoms with van der Waals surface area (Å²) in [5.41, 5.74) is 2.27. The Morgan fingerprint density at radius 2 is 1.62 bits per heavy atom. The lowest BCUT2D eigenvalue weighted by Gasteiger charge is -2.20. The van der Waals surface area contributed by atoms with Crippen molar-refractivity contribution >= 4 is 33.3 Å². The number of allylic oxidation sites excluding steroid dienone is 4. The molecule has 0 N–H and O–H groups in total. The third-order valence-electron chi connectivity index (χ3n) is 3.84. The van der Waals surface area contributed by atoms with Crippen molar-refractivity contribution in [3.8, 4) is 0 Å². The van der Waals surface area contributed by atoms with Crippen molar-refractivity contribution < 1.29 is 14.4 Å². The monoisotopic (exact) mass is 344 g/mol. The first kappa shape index (κ1) is 14.1. The Balaban J connectivity index is 1.99. The van der Waals surface area contributed by atoms with E-state index in [1.54, 1.807) is 30.3 Å². The van der Waals surface area contributed by atoms with Gasteiger partial charge in [-0.25, -0.2) is 0 Å². The summed E-state index contributed by atoms with van der Waals surface area (Å²) in [5.74, 6) is -0.193. The second-order valence-electron chi connectivity index (χ2n) is 5.30. The van der Waals surface area contributed by atoms with Crippen LogP contribution in [0.5, 0.6) is 0 Å². The van der Waals surface area contributed by atoms with Crippen molar-refractivity contribution in [2.24, 2.45) is 0 Å². The molecule has 2 aliphatic carbocycles. The Bertz CT molecular complexity index is 725. The van der Waals surface area contributed by atoms with Crippen molar-refractivity contribution in [1.29, 1.82) is 0 Å². The van der Waals surface area contributed by atoms with Gasteiger partial charge in [0.25, 0.3) is 0 Å². The molecule has 106 valence electrons. The van der Waals surface area contributed by atoms with Crippen LogP contribution in [-0.4, -0.2) is 17.3 Å². The second kappa shape index (κ2) is 5.53. The maximum atomic E-state index is 12.6. The van der Waals surface area contributed by atoms with E-state index < -0.39 is 0 Å². The molecule has 0 heterocycles. The Morgan fingerprint density at radius 3 is 2.29 bits per heavy atom. The highest BCUT2D eigenvalue weighted by atomic mass is 79.9. The molecule has 1 aromatic rings. The predicted molar refractivity (Wildman–Crippen MR) is 82.6 cm³/mol. The Morgan fingerprint density at radius 1 is 0.952 bits per heavy atom. The molecule has 0 aliphatic heterocycles. The summed E-state index contributed by atoms with van der Waals surface area (Å²) in [6.07, 6.45) is 4.17. The molecule has 0 fully saturated rings. The third-order valence-corrected chi connectivity index (χ3v) is 4.68. The molecule has 2 aliphatic rings. The Hall–Kier alpha value is -1.81. The molecule has 1 aromatic carbocycles. The van der Waals surface area contributed by atoms with Crippen molar-refractivity contribution in [1.82, 2.24) is 0 Å². The molecular formula is C17H13BrO3. The molecule has 21 heavy (non-hydrogen) atoms. The fourth-order valence-corrected chi connectivity index (χ4v) is 3.32. The van der Waals surface area contributed by atoms with Crippen LogP contribution >= 0.6 is 15.9 Å². The van der Waals surface area contributed by atoms with Crippen LogP contribution in [0, 0.1) is 0 Å². The van der Waals surface area contributed by atoms with Crippen LogP contribution in [0.1, 0.15) is 46.4 Å². The van der Waals surface area contributed by atoms with Gasteiger partial charge in [0.05, 0.1) is 4.48 Å². The van der Waals surface area contributed by atoms with Gasteiger partial charge in [-0.2, -0.15) is 0 Å². The van der Waals surface area contributed by atoms with Gasteiger partial charge in [0.15, 0.2) is 11.6 Å². The number of hydrogen-bond donors (Lipinski definition) is 0. The van der Waals surface area contributed by atoms with Gasteiger partial charge in [0.2, 0.25) is 5.78 Å². The highest BCUT2D eigenvalue weighted by Crippen LogP contribution is 2.34. The maximum absolute atomic E-state index is 12.6. The van der Waals surface area contributed by atoms with Crippen LogP contribution < -0.4 is 0 Å². The number of hydrogen-bond acceptors (Lipinski definition) is 3. The third kappa shape index (κ3) is 2.56. The van der Waals surface area contributed by atoms with Crippen LogP contribution in [0.4, 0.5) is 0 Å². The van der Waals surface area contributed by atoms with E-state index in [0.29, 0.717) is 34.0 Å². The van der Waals surface area contributed by atoms with E-state index in [9.17, 15) is 14.4 Å². The number of rotatable bonds is 2. The molecule has 0 atom stereocenters. The molecule has 0 spiro atoms. The quantitative estimate of drug-likeness (QED) is 0.820. The lowest BCUT2D eigenvalue weighted by atomic mass is 9.84. The number of fused-ring (bicyclic) bond motifs is 1. The fraction of sp³-hybridized carbons (Fsp3) is 0.235. The topological polar surface area (TPSA) is 51.2 Å². The van der Waals surface area contributed by atoms with E-state index in [4.69, 9.17) is 0 Å². The predicted octanol–water partition coefficient (Wildman–Crippen LogP) is 3.78. The molecular weight excluding hydrogens is 332 g/mol. The lowest BCUT2D eigenvalue weighted by Crippen LogP contribution is -2.20. The van der Waals surface area contributed by atoms with E-state index in [2.05, 4.69) is 15.9 Å². The molecule has 0 saturated carbocycles. The molecule has 0 bridgehead atoms. The van der Waals surface area contributed by atoms with Crippen molar-refractivity contribution in [3.05, 3.63) is 57.1 Å². The Kier molecular flexibility index (Phi) is 3.72. The first-order valence-electron chi connectivity index (χ1n) is 6.87. The van der Waals surface area contributed by atoms with Crippen molar-refractivity contribution in [2.45, 2.75) is 25.7 Å². The molecule has 0 amide bonds. The molecule has 0 aromatic heterocycles. The number of ketones is 3. The van der Waals surface area contributed by atoms with Crippen LogP contribution in [0.15, 0.2) is 46.0 Å². The summed E-state index contributed by atoms with van der Waals surface area (Å²) in [6.45, 7) is 0. The number of halogens is 1.